The maximum absolute atomic E-state index is 12.4. The molecule has 134 valence electrons. The first kappa shape index (κ1) is 16.5. The van der Waals surface area contributed by atoms with Crippen LogP contribution in [-0.4, -0.2) is 30.7 Å². The Morgan fingerprint density at radius 3 is 2.65 bits per heavy atom. The van der Waals surface area contributed by atoms with E-state index >= 15 is 0 Å². The van der Waals surface area contributed by atoms with Gasteiger partial charge in [-0.2, -0.15) is 0 Å². The Bertz CT molecular complexity index is 851. The number of nitrogens with zero attached hydrogens (tertiary/aromatic N) is 1. The fraction of sp³-hybridized carbons (Fsp3) is 0.316. The molecule has 0 spiro atoms. The summed E-state index contributed by atoms with van der Waals surface area (Å²) >= 11 is 0. The molecule has 0 amide bonds. The van der Waals surface area contributed by atoms with E-state index in [-0.39, 0.29) is 29.5 Å². The number of benzene rings is 2. The van der Waals surface area contributed by atoms with Crippen LogP contribution in [0.3, 0.4) is 0 Å². The largest absolute Gasteiger partial charge is 0.493 e. The molecule has 2 aromatic carbocycles. The second-order valence-corrected chi connectivity index (χ2v) is 6.53. The molecule has 7 nitrogen and oxygen atoms in total. The number of para-hydroxylation sites is 1. The number of nitro benzene ring substituents is 1. The summed E-state index contributed by atoms with van der Waals surface area (Å²) in [6.45, 7) is 0.462. The molecule has 2 aliphatic rings. The van der Waals surface area contributed by atoms with Gasteiger partial charge in [-0.1, -0.05) is 30.3 Å². The lowest BCUT2D eigenvalue weighted by atomic mass is 9.79. The van der Waals surface area contributed by atoms with Crippen LogP contribution in [0.5, 0.6) is 5.75 Å². The number of methoxy groups -OCH3 is 1. The summed E-state index contributed by atoms with van der Waals surface area (Å²) in [6.07, 6.45) is 0. The lowest BCUT2D eigenvalue weighted by Crippen LogP contribution is -2.36. The van der Waals surface area contributed by atoms with Crippen molar-refractivity contribution in [1.29, 1.82) is 0 Å². The van der Waals surface area contributed by atoms with Gasteiger partial charge in [-0.05, 0) is 11.6 Å². The van der Waals surface area contributed by atoms with Crippen LogP contribution in [0.15, 0.2) is 48.5 Å². The third kappa shape index (κ3) is 2.61. The molecule has 0 saturated carbocycles. The van der Waals surface area contributed by atoms with Crippen molar-refractivity contribution in [2.24, 2.45) is 5.92 Å². The molecule has 1 saturated heterocycles. The molecule has 0 unspecified atom stereocenters. The molecule has 0 radical (unpaired) electrons. The summed E-state index contributed by atoms with van der Waals surface area (Å²) in [4.78, 5) is 22.9. The van der Waals surface area contributed by atoms with Gasteiger partial charge in [-0.3, -0.25) is 20.2 Å². The number of nitrogens with one attached hydrogen (secondary N) is 1. The van der Waals surface area contributed by atoms with Gasteiger partial charge in [-0.15, -0.1) is 0 Å². The predicted molar refractivity (Wildman–Crippen MR) is 92.9 cm³/mol. The molecule has 2 heterocycles. The first-order valence-electron chi connectivity index (χ1n) is 8.40. The molecular weight excluding hydrogens is 336 g/mol. The van der Waals surface area contributed by atoms with Crippen molar-refractivity contribution in [3.63, 3.8) is 0 Å². The normalized spacial score (nSPS) is 26.3. The predicted octanol–water partition coefficient (Wildman–Crippen LogP) is 2.57. The summed E-state index contributed by atoms with van der Waals surface area (Å²) in [5.74, 6) is 0.298. The van der Waals surface area contributed by atoms with E-state index in [1.807, 2.05) is 24.3 Å². The van der Waals surface area contributed by atoms with E-state index in [4.69, 9.17) is 9.47 Å². The summed E-state index contributed by atoms with van der Waals surface area (Å²) in [5, 5.41) is 14.3. The van der Waals surface area contributed by atoms with Crippen LogP contribution >= 0.6 is 0 Å². The molecule has 0 bridgehead atoms. The first-order chi connectivity index (χ1) is 12.6. The van der Waals surface area contributed by atoms with Gasteiger partial charge in [0.15, 0.2) is 0 Å². The molecule has 2 aliphatic heterocycles. The quantitative estimate of drug-likeness (QED) is 0.517. The maximum atomic E-state index is 12.4. The van der Waals surface area contributed by atoms with Gasteiger partial charge in [0.2, 0.25) is 0 Å². The van der Waals surface area contributed by atoms with Crippen molar-refractivity contribution in [3.8, 4) is 5.75 Å². The number of hydrogen-bond donors (Lipinski definition) is 1. The van der Waals surface area contributed by atoms with E-state index in [2.05, 4.69) is 5.32 Å². The van der Waals surface area contributed by atoms with Gasteiger partial charge in [0.05, 0.1) is 18.6 Å². The maximum Gasteiger partial charge on any atom is 0.323 e. The summed E-state index contributed by atoms with van der Waals surface area (Å²) in [6, 6.07) is 13.6. The van der Waals surface area contributed by atoms with E-state index in [0.717, 1.165) is 16.9 Å². The Hall–Kier alpha value is -2.93. The lowest BCUT2D eigenvalue weighted by molar-refractivity contribution is -0.384. The standard InChI is InChI=1S/C19H18N2O5/c1-25-19(22)18-16(11-6-8-12(9-7-11)21(23)24)14-10-26-15-5-3-2-4-13(15)17(14)20-18/h2-9,14,16-18,20H,10H2,1H3/t14-,16-,17-,18-/m0/s1. The van der Waals surface area contributed by atoms with E-state index in [1.54, 1.807) is 12.1 Å². The summed E-state index contributed by atoms with van der Waals surface area (Å²) < 4.78 is 10.9. The Morgan fingerprint density at radius 1 is 1.23 bits per heavy atom. The average molecular weight is 354 g/mol. The van der Waals surface area contributed by atoms with Crippen molar-refractivity contribution in [2.75, 3.05) is 13.7 Å². The molecule has 4 atom stereocenters. The molecule has 0 aromatic heterocycles. The van der Waals surface area contributed by atoms with E-state index in [9.17, 15) is 14.9 Å². The number of nitro groups is 1. The minimum atomic E-state index is -0.536. The number of non-ortho nitro benzene ring substituents is 1. The smallest absolute Gasteiger partial charge is 0.323 e. The monoisotopic (exact) mass is 354 g/mol. The topological polar surface area (TPSA) is 90.7 Å². The third-order valence-electron chi connectivity index (χ3n) is 5.24. The highest BCUT2D eigenvalue weighted by Crippen LogP contribution is 2.48. The fourth-order valence-corrected chi connectivity index (χ4v) is 4.05. The highest BCUT2D eigenvalue weighted by atomic mass is 16.6. The van der Waals surface area contributed by atoms with Gasteiger partial charge in [0, 0.05) is 35.6 Å². The molecule has 1 fully saturated rings. The second kappa shape index (κ2) is 6.42. The molecule has 1 N–H and O–H groups in total. The van der Waals surface area contributed by atoms with Crippen molar-refractivity contribution in [2.45, 2.75) is 18.0 Å². The number of carbonyl (C=O) groups is 1. The molecular formula is C19H18N2O5. The number of rotatable bonds is 3. The Kier molecular flexibility index (Phi) is 4.08. The zero-order valence-corrected chi connectivity index (χ0v) is 14.1. The van der Waals surface area contributed by atoms with Crippen molar-refractivity contribution in [3.05, 3.63) is 69.8 Å². The van der Waals surface area contributed by atoms with Crippen LogP contribution in [0.4, 0.5) is 5.69 Å². The Morgan fingerprint density at radius 2 is 1.96 bits per heavy atom. The second-order valence-electron chi connectivity index (χ2n) is 6.53. The van der Waals surface area contributed by atoms with Crippen molar-refractivity contribution < 1.29 is 19.2 Å². The SMILES string of the molecule is COC(=O)[C@H]1N[C@H]2c3ccccc3OC[C@H]2[C@@H]1c1ccc([N+](=O)[O-])cc1. The van der Waals surface area contributed by atoms with Crippen LogP contribution in [-0.2, 0) is 9.53 Å². The van der Waals surface area contributed by atoms with Crippen LogP contribution in [0.1, 0.15) is 23.1 Å². The Balaban J connectivity index is 1.74. The highest BCUT2D eigenvalue weighted by Gasteiger charge is 2.50. The lowest BCUT2D eigenvalue weighted by Gasteiger charge is -2.31. The zero-order valence-electron chi connectivity index (χ0n) is 14.1. The fourth-order valence-electron chi connectivity index (χ4n) is 4.05. The summed E-state index contributed by atoms with van der Waals surface area (Å²) in [7, 11) is 1.36. The molecule has 7 heteroatoms. The van der Waals surface area contributed by atoms with E-state index in [0.29, 0.717) is 6.61 Å². The van der Waals surface area contributed by atoms with Gasteiger partial charge >= 0.3 is 5.97 Å². The average Bonchev–Trinajstić information content (AvgIpc) is 3.07. The van der Waals surface area contributed by atoms with Gasteiger partial charge in [0.1, 0.15) is 11.8 Å². The van der Waals surface area contributed by atoms with Gasteiger partial charge in [0.25, 0.3) is 5.69 Å². The first-order valence-corrected chi connectivity index (χ1v) is 8.40. The molecule has 2 aromatic rings. The minimum absolute atomic E-state index is 0.0236. The highest BCUT2D eigenvalue weighted by molar-refractivity contribution is 5.78. The number of fused-ring (bicyclic) bond motifs is 3. The van der Waals surface area contributed by atoms with E-state index < -0.39 is 11.0 Å². The molecule has 26 heavy (non-hydrogen) atoms. The molecule has 4 rings (SSSR count). The van der Waals surface area contributed by atoms with Crippen LogP contribution in [0.2, 0.25) is 0 Å². The Labute approximate surface area is 150 Å². The number of hydrogen-bond acceptors (Lipinski definition) is 6. The van der Waals surface area contributed by atoms with Gasteiger partial charge in [-0.25, -0.2) is 0 Å². The van der Waals surface area contributed by atoms with Crippen LogP contribution < -0.4 is 10.1 Å². The zero-order chi connectivity index (χ0) is 18.3. The molecule has 0 aliphatic carbocycles. The van der Waals surface area contributed by atoms with Crippen LogP contribution in [0, 0.1) is 16.0 Å². The number of esters is 1. The number of carbonyl (C=O) groups excluding carboxylic acids is 1. The van der Waals surface area contributed by atoms with E-state index in [1.165, 1.54) is 19.2 Å². The minimum Gasteiger partial charge on any atom is -0.493 e. The van der Waals surface area contributed by atoms with Crippen molar-refractivity contribution >= 4 is 11.7 Å². The summed E-state index contributed by atoms with van der Waals surface area (Å²) in [5.41, 5.74) is 1.90. The van der Waals surface area contributed by atoms with Gasteiger partial charge < -0.3 is 9.47 Å². The third-order valence-corrected chi connectivity index (χ3v) is 5.24. The van der Waals surface area contributed by atoms with Crippen LogP contribution in [0.25, 0.3) is 0 Å². The van der Waals surface area contributed by atoms with Crippen molar-refractivity contribution in [1.82, 2.24) is 5.32 Å². The number of ether oxygens (including phenoxy) is 2.